The molecular weight excluding hydrogens is 184 g/mol. The predicted molar refractivity (Wildman–Crippen MR) is 53.3 cm³/mol. The van der Waals surface area contributed by atoms with Gasteiger partial charge in [-0.3, -0.25) is 0 Å². The minimum Gasteiger partial charge on any atom is -0.464 e. The number of aromatic nitrogens is 1. The van der Waals surface area contributed by atoms with E-state index in [4.69, 9.17) is 4.74 Å². The van der Waals surface area contributed by atoms with Crippen molar-refractivity contribution < 1.29 is 4.74 Å². The van der Waals surface area contributed by atoms with Crippen LogP contribution in [0, 0.1) is 0 Å². The van der Waals surface area contributed by atoms with E-state index >= 15 is 0 Å². The van der Waals surface area contributed by atoms with Gasteiger partial charge in [-0.2, -0.15) is 0 Å². The molecule has 4 heteroatoms. The second-order valence-corrected chi connectivity index (χ2v) is 4.46. The third-order valence-corrected chi connectivity index (χ3v) is 3.05. The number of piperidine rings is 1. The van der Waals surface area contributed by atoms with Gasteiger partial charge < -0.3 is 10.1 Å². The largest absolute Gasteiger partial charge is 0.464 e. The zero-order valence-corrected chi connectivity index (χ0v) is 8.56. The highest BCUT2D eigenvalue weighted by molar-refractivity contribution is 7.11. The number of nitrogens with zero attached hydrogens (tertiary/aromatic N) is 1. The lowest BCUT2D eigenvalue weighted by Gasteiger charge is -2.33. The highest BCUT2D eigenvalue weighted by Crippen LogP contribution is 2.26. The van der Waals surface area contributed by atoms with E-state index in [0.29, 0.717) is 0 Å². The first-order valence-electron chi connectivity index (χ1n) is 4.58. The first kappa shape index (κ1) is 8.97. The molecule has 1 aromatic rings. The van der Waals surface area contributed by atoms with Gasteiger partial charge in [-0.25, -0.2) is 4.98 Å². The molecule has 13 heavy (non-hydrogen) atoms. The van der Waals surface area contributed by atoms with E-state index in [1.54, 1.807) is 17.5 Å². The van der Waals surface area contributed by atoms with Gasteiger partial charge in [0, 0.05) is 11.6 Å². The molecule has 1 aliphatic heterocycles. The van der Waals surface area contributed by atoms with Crippen LogP contribution in [-0.4, -0.2) is 23.7 Å². The molecule has 0 radical (unpaired) electrons. The minimum atomic E-state index is -0.0108. The minimum absolute atomic E-state index is 0.0108. The Morgan fingerprint density at radius 3 is 2.92 bits per heavy atom. The van der Waals surface area contributed by atoms with Gasteiger partial charge in [-0.1, -0.05) is 11.3 Å². The number of rotatable bonds is 2. The first-order chi connectivity index (χ1) is 6.29. The van der Waals surface area contributed by atoms with Gasteiger partial charge in [-0.15, -0.1) is 0 Å². The molecule has 3 nitrogen and oxygen atoms in total. The zero-order valence-electron chi connectivity index (χ0n) is 7.75. The van der Waals surface area contributed by atoms with Crippen molar-refractivity contribution in [3.05, 3.63) is 11.6 Å². The van der Waals surface area contributed by atoms with Gasteiger partial charge in [0.25, 0.3) is 5.19 Å². The highest BCUT2D eigenvalue weighted by Gasteiger charge is 2.29. The Hall–Kier alpha value is -0.610. The molecule has 0 aromatic carbocycles. The molecule has 1 aliphatic rings. The van der Waals surface area contributed by atoms with Gasteiger partial charge in [0.1, 0.15) is 5.60 Å². The van der Waals surface area contributed by atoms with E-state index in [1.807, 2.05) is 5.38 Å². The number of hydrogen-bond donors (Lipinski definition) is 1. The molecule has 0 unspecified atom stereocenters. The Morgan fingerprint density at radius 2 is 2.31 bits per heavy atom. The summed E-state index contributed by atoms with van der Waals surface area (Å²) in [5, 5.41) is 6.06. The summed E-state index contributed by atoms with van der Waals surface area (Å²) in [5.41, 5.74) is -0.0108. The van der Waals surface area contributed by atoms with Crippen LogP contribution in [0.25, 0.3) is 0 Å². The molecule has 1 aromatic heterocycles. The van der Waals surface area contributed by atoms with E-state index < -0.39 is 0 Å². The van der Waals surface area contributed by atoms with Gasteiger partial charge in [-0.05, 0) is 32.9 Å². The molecule has 1 fully saturated rings. The van der Waals surface area contributed by atoms with Crippen LogP contribution in [0.15, 0.2) is 11.6 Å². The topological polar surface area (TPSA) is 34.1 Å². The fourth-order valence-corrected chi connectivity index (χ4v) is 2.14. The summed E-state index contributed by atoms with van der Waals surface area (Å²) in [6.45, 7) is 4.25. The van der Waals surface area contributed by atoms with E-state index in [2.05, 4.69) is 17.2 Å². The Kier molecular flexibility index (Phi) is 2.51. The van der Waals surface area contributed by atoms with Crippen LogP contribution in [0.3, 0.4) is 0 Å². The van der Waals surface area contributed by atoms with Crippen LogP contribution in [0.5, 0.6) is 5.19 Å². The SMILES string of the molecule is CC1(Oc2nccs2)CCNCC1. The van der Waals surface area contributed by atoms with Crippen molar-refractivity contribution in [1.29, 1.82) is 0 Å². The fraction of sp³-hybridized carbons (Fsp3) is 0.667. The van der Waals surface area contributed by atoms with Crippen molar-refractivity contribution in [1.82, 2.24) is 10.3 Å². The maximum Gasteiger partial charge on any atom is 0.273 e. The van der Waals surface area contributed by atoms with Crippen LogP contribution >= 0.6 is 11.3 Å². The van der Waals surface area contributed by atoms with Crippen LogP contribution in [0.4, 0.5) is 0 Å². The number of thiazole rings is 1. The van der Waals surface area contributed by atoms with Crippen molar-refractivity contribution in [2.75, 3.05) is 13.1 Å². The lowest BCUT2D eigenvalue weighted by atomic mass is 9.95. The Morgan fingerprint density at radius 1 is 1.54 bits per heavy atom. The number of hydrogen-bond acceptors (Lipinski definition) is 4. The molecular formula is C9H14N2OS. The Labute approximate surface area is 82.1 Å². The second-order valence-electron chi connectivity index (χ2n) is 3.60. The summed E-state index contributed by atoms with van der Waals surface area (Å²) in [5.74, 6) is 0. The predicted octanol–water partition coefficient (Wildman–Crippen LogP) is 1.66. The number of ether oxygens (including phenoxy) is 1. The quantitative estimate of drug-likeness (QED) is 0.785. The maximum absolute atomic E-state index is 5.85. The summed E-state index contributed by atoms with van der Waals surface area (Å²) in [6, 6.07) is 0. The molecule has 0 aliphatic carbocycles. The average molecular weight is 198 g/mol. The van der Waals surface area contributed by atoms with E-state index in [9.17, 15) is 0 Å². The van der Waals surface area contributed by atoms with Gasteiger partial charge in [0.2, 0.25) is 0 Å². The molecule has 72 valence electrons. The molecule has 1 N–H and O–H groups in total. The second kappa shape index (κ2) is 3.64. The molecule has 0 saturated carbocycles. The van der Waals surface area contributed by atoms with E-state index in [-0.39, 0.29) is 5.60 Å². The van der Waals surface area contributed by atoms with Crippen molar-refractivity contribution in [2.24, 2.45) is 0 Å². The maximum atomic E-state index is 5.85. The van der Waals surface area contributed by atoms with Crippen molar-refractivity contribution in [2.45, 2.75) is 25.4 Å². The average Bonchev–Trinajstić information content (AvgIpc) is 2.57. The van der Waals surface area contributed by atoms with Crippen molar-refractivity contribution >= 4 is 11.3 Å². The summed E-state index contributed by atoms with van der Waals surface area (Å²) in [6.07, 6.45) is 3.91. The number of nitrogens with one attached hydrogen (secondary N) is 1. The van der Waals surface area contributed by atoms with Crippen LogP contribution in [0.1, 0.15) is 19.8 Å². The summed E-state index contributed by atoms with van der Waals surface area (Å²) in [4.78, 5) is 4.13. The fourth-order valence-electron chi connectivity index (χ4n) is 1.53. The zero-order chi connectivity index (χ0) is 9.15. The smallest absolute Gasteiger partial charge is 0.273 e. The Bertz CT molecular complexity index is 255. The lowest BCUT2D eigenvalue weighted by molar-refractivity contribution is 0.0553. The molecule has 0 atom stereocenters. The summed E-state index contributed by atoms with van der Waals surface area (Å²) >= 11 is 1.56. The normalized spacial score (nSPS) is 21.3. The van der Waals surface area contributed by atoms with Crippen LogP contribution in [-0.2, 0) is 0 Å². The molecule has 2 heterocycles. The van der Waals surface area contributed by atoms with Crippen LogP contribution < -0.4 is 10.1 Å². The van der Waals surface area contributed by atoms with Gasteiger partial charge in [0.05, 0.1) is 0 Å². The van der Waals surface area contributed by atoms with Crippen molar-refractivity contribution in [3.8, 4) is 5.19 Å². The summed E-state index contributed by atoms with van der Waals surface area (Å²) < 4.78 is 5.85. The third-order valence-electron chi connectivity index (χ3n) is 2.40. The van der Waals surface area contributed by atoms with E-state index in [1.165, 1.54) is 0 Å². The van der Waals surface area contributed by atoms with Gasteiger partial charge in [0.15, 0.2) is 0 Å². The third kappa shape index (κ3) is 2.19. The van der Waals surface area contributed by atoms with Gasteiger partial charge >= 0.3 is 0 Å². The first-order valence-corrected chi connectivity index (χ1v) is 5.46. The highest BCUT2D eigenvalue weighted by atomic mass is 32.1. The van der Waals surface area contributed by atoms with E-state index in [0.717, 1.165) is 31.1 Å². The molecule has 0 amide bonds. The standard InChI is InChI=1S/C9H14N2OS/c1-9(2-4-10-5-3-9)12-8-11-6-7-13-8/h6-7,10H,2-5H2,1H3. The lowest BCUT2D eigenvalue weighted by Crippen LogP contribution is -2.43. The van der Waals surface area contributed by atoms with Crippen LogP contribution in [0.2, 0.25) is 0 Å². The Balaban J connectivity index is 1.99. The monoisotopic (exact) mass is 198 g/mol. The summed E-state index contributed by atoms with van der Waals surface area (Å²) in [7, 11) is 0. The molecule has 0 bridgehead atoms. The van der Waals surface area contributed by atoms with Crippen molar-refractivity contribution in [3.63, 3.8) is 0 Å². The molecule has 0 spiro atoms. The molecule has 1 saturated heterocycles. The molecule has 2 rings (SSSR count).